The molecule has 304 valence electrons. The van der Waals surface area contributed by atoms with E-state index in [1.54, 1.807) is 16.0 Å². The van der Waals surface area contributed by atoms with Gasteiger partial charge in [-0.2, -0.15) is 0 Å². The molecule has 4 heterocycles. The number of fused-ring (bicyclic) bond motifs is 1. The molecule has 2 saturated heterocycles. The second-order valence-corrected chi connectivity index (χ2v) is 14.7. The van der Waals surface area contributed by atoms with Crippen molar-refractivity contribution in [2.75, 3.05) is 27.3 Å². The molecule has 2 aliphatic rings. The minimum absolute atomic E-state index is 0.224. The average molecular weight is 805 g/mol. The quantitative estimate of drug-likeness (QED) is 0.115. The van der Waals surface area contributed by atoms with E-state index in [0.717, 1.165) is 59.1 Å². The molecule has 0 aliphatic carbocycles. The maximum atomic E-state index is 13.9. The van der Waals surface area contributed by atoms with Crippen molar-refractivity contribution in [3.05, 3.63) is 143 Å². The van der Waals surface area contributed by atoms with Crippen molar-refractivity contribution in [1.82, 2.24) is 40.4 Å². The average Bonchev–Trinajstić information content (AvgIpc) is 4.13. The predicted octanol–water partition coefficient (Wildman–Crippen LogP) is 6.87. The van der Waals surface area contributed by atoms with Gasteiger partial charge in [0, 0.05) is 24.2 Å². The number of ether oxygens (including phenoxy) is 2. The molecule has 4 atom stereocenters. The minimum atomic E-state index is -0.894. The van der Waals surface area contributed by atoms with Gasteiger partial charge in [0.25, 0.3) is 11.8 Å². The molecule has 0 bridgehead atoms. The first kappa shape index (κ1) is 39.4. The van der Waals surface area contributed by atoms with Crippen molar-refractivity contribution < 1.29 is 28.7 Å². The molecule has 60 heavy (non-hydrogen) atoms. The molecule has 4 amide bonds. The highest BCUT2D eigenvalue weighted by Gasteiger charge is 2.38. The number of nitrogens with zero attached hydrogens (tertiary/aromatic N) is 4. The molecule has 4 N–H and O–H groups in total. The van der Waals surface area contributed by atoms with E-state index in [9.17, 15) is 19.2 Å². The van der Waals surface area contributed by atoms with Crippen LogP contribution in [0.1, 0.15) is 83.8 Å². The Morgan fingerprint density at radius 3 is 1.78 bits per heavy atom. The van der Waals surface area contributed by atoms with Crippen LogP contribution in [0.25, 0.3) is 22.3 Å². The van der Waals surface area contributed by atoms with Gasteiger partial charge in [-0.1, -0.05) is 84.6 Å². The van der Waals surface area contributed by atoms with E-state index in [2.05, 4.69) is 37.4 Å². The van der Waals surface area contributed by atoms with Crippen molar-refractivity contribution in [3.63, 3.8) is 0 Å². The van der Waals surface area contributed by atoms with E-state index >= 15 is 0 Å². The highest BCUT2D eigenvalue weighted by atomic mass is 16.5. The van der Waals surface area contributed by atoms with Crippen molar-refractivity contribution in [1.29, 1.82) is 0 Å². The number of methoxy groups -OCH3 is 2. The summed E-state index contributed by atoms with van der Waals surface area (Å²) < 4.78 is 9.65. The third-order valence-corrected chi connectivity index (χ3v) is 11.0. The van der Waals surface area contributed by atoms with Crippen LogP contribution >= 0.6 is 0 Å². The SMILES string of the molecule is COC(=O)N[C@H](C(=O)N1CCC[C@@H]1c1ncc(-c2ccc(C#Cc3ccc4nc([C@@H]5CCCN5C(=O)[C@@H](NC(=O)OC)c5ccccc5)[nH]c4c3)cc2)[nH]1)c1ccccc1. The molecular weight excluding hydrogens is 761 g/mol. The molecule has 14 nitrogen and oxygen atoms in total. The fourth-order valence-electron chi connectivity index (χ4n) is 7.98. The van der Waals surface area contributed by atoms with E-state index in [1.807, 2.05) is 103 Å². The molecule has 4 aromatic carbocycles. The molecule has 0 radical (unpaired) electrons. The topological polar surface area (TPSA) is 175 Å². The van der Waals surface area contributed by atoms with Gasteiger partial charge in [0.05, 0.1) is 49.2 Å². The summed E-state index contributed by atoms with van der Waals surface area (Å²) >= 11 is 0. The predicted molar refractivity (Wildman–Crippen MR) is 223 cm³/mol. The summed E-state index contributed by atoms with van der Waals surface area (Å²) in [6.45, 7) is 1.08. The number of hydrogen-bond donors (Lipinski definition) is 4. The lowest BCUT2D eigenvalue weighted by molar-refractivity contribution is -0.135. The lowest BCUT2D eigenvalue weighted by atomic mass is 10.1. The molecule has 6 aromatic rings. The summed E-state index contributed by atoms with van der Waals surface area (Å²) in [5, 5.41) is 5.41. The van der Waals surface area contributed by atoms with E-state index in [-0.39, 0.29) is 23.9 Å². The van der Waals surface area contributed by atoms with E-state index in [4.69, 9.17) is 14.5 Å². The highest BCUT2D eigenvalue weighted by Crippen LogP contribution is 2.36. The summed E-state index contributed by atoms with van der Waals surface area (Å²) in [4.78, 5) is 72.2. The lowest BCUT2D eigenvalue weighted by Crippen LogP contribution is -2.42. The molecule has 8 rings (SSSR count). The third kappa shape index (κ3) is 8.42. The van der Waals surface area contributed by atoms with Crippen LogP contribution in [-0.4, -0.2) is 81.0 Å². The van der Waals surface area contributed by atoms with Crippen LogP contribution in [0.5, 0.6) is 0 Å². The Labute approximate surface area is 346 Å². The van der Waals surface area contributed by atoms with Crippen molar-refractivity contribution >= 4 is 35.0 Å². The first-order chi connectivity index (χ1) is 29.3. The molecule has 0 saturated carbocycles. The number of benzene rings is 4. The Kier molecular flexibility index (Phi) is 11.6. The van der Waals surface area contributed by atoms with Gasteiger partial charge in [-0.15, -0.1) is 0 Å². The Morgan fingerprint density at radius 2 is 1.22 bits per heavy atom. The van der Waals surface area contributed by atoms with Crippen LogP contribution in [0.4, 0.5) is 9.59 Å². The largest absolute Gasteiger partial charge is 0.453 e. The fraction of sp³-hybridized carbons (Fsp3) is 0.261. The zero-order valence-corrected chi connectivity index (χ0v) is 33.2. The summed E-state index contributed by atoms with van der Waals surface area (Å²) in [6.07, 6.45) is 3.50. The normalized spacial score (nSPS) is 17.0. The molecule has 0 unspecified atom stereocenters. The van der Waals surface area contributed by atoms with Crippen LogP contribution in [0.2, 0.25) is 0 Å². The number of likely N-dealkylation sites (tertiary alicyclic amines) is 2. The second kappa shape index (κ2) is 17.6. The van der Waals surface area contributed by atoms with Crippen LogP contribution in [0.3, 0.4) is 0 Å². The Bertz CT molecular complexity index is 2560. The van der Waals surface area contributed by atoms with E-state index in [0.29, 0.717) is 35.9 Å². The van der Waals surface area contributed by atoms with Gasteiger partial charge in [0.15, 0.2) is 0 Å². The van der Waals surface area contributed by atoms with E-state index < -0.39 is 24.3 Å². The smallest absolute Gasteiger partial charge is 0.407 e. The van der Waals surface area contributed by atoms with Gasteiger partial charge < -0.3 is 39.9 Å². The van der Waals surface area contributed by atoms with E-state index in [1.165, 1.54) is 14.2 Å². The maximum absolute atomic E-state index is 13.9. The van der Waals surface area contributed by atoms with Crippen molar-refractivity contribution in [2.24, 2.45) is 0 Å². The summed E-state index contributed by atoms with van der Waals surface area (Å²) in [7, 11) is 2.55. The Morgan fingerprint density at radius 1 is 0.683 bits per heavy atom. The number of hydrogen-bond acceptors (Lipinski definition) is 8. The number of carbonyl (C=O) groups is 4. The molecule has 14 heteroatoms. The van der Waals surface area contributed by atoms with Crippen LogP contribution in [0.15, 0.2) is 109 Å². The number of alkyl carbamates (subject to hydrolysis) is 2. The molecule has 2 fully saturated rings. The number of aromatic amines is 2. The molecule has 2 aromatic heterocycles. The van der Waals surface area contributed by atoms with Gasteiger partial charge >= 0.3 is 12.2 Å². The fourth-order valence-corrected chi connectivity index (χ4v) is 7.98. The third-order valence-electron chi connectivity index (χ3n) is 11.0. The van der Waals surface area contributed by atoms with Crippen molar-refractivity contribution in [3.8, 4) is 23.1 Å². The number of amides is 4. The van der Waals surface area contributed by atoms with Crippen LogP contribution in [0, 0.1) is 11.8 Å². The zero-order chi connectivity index (χ0) is 41.6. The Hall–Kier alpha value is -7.40. The lowest BCUT2D eigenvalue weighted by Gasteiger charge is -2.28. The van der Waals surface area contributed by atoms with Gasteiger partial charge in [-0.05, 0) is 72.7 Å². The van der Waals surface area contributed by atoms with Gasteiger partial charge in [0.1, 0.15) is 23.7 Å². The van der Waals surface area contributed by atoms with Gasteiger partial charge in [0.2, 0.25) is 0 Å². The van der Waals surface area contributed by atoms with Crippen LogP contribution in [-0.2, 0) is 19.1 Å². The first-order valence-corrected chi connectivity index (χ1v) is 19.9. The number of carbonyl (C=O) groups excluding carboxylic acids is 4. The number of rotatable bonds is 9. The number of aromatic nitrogens is 4. The maximum Gasteiger partial charge on any atom is 0.407 e. The number of imidazole rings is 2. The Balaban J connectivity index is 0.941. The summed E-state index contributed by atoms with van der Waals surface area (Å²) in [5.74, 6) is 7.43. The monoisotopic (exact) mass is 804 g/mol. The first-order valence-electron chi connectivity index (χ1n) is 19.9. The second-order valence-electron chi connectivity index (χ2n) is 14.7. The number of nitrogens with one attached hydrogen (secondary N) is 4. The van der Waals surface area contributed by atoms with Gasteiger partial charge in [-0.25, -0.2) is 19.6 Å². The standard InChI is InChI=1S/C46H44N8O6/c1-59-45(57)51-39(32-11-5-3-6-12-32)43(55)53-25-9-15-37(53)41-47-28-36(50-41)31-22-19-29(20-23-31)17-18-30-21-24-34-35(27-30)49-42(48-34)38-16-10-26-54(38)44(56)40(52-46(58)60-2)33-13-7-4-8-14-33/h3-8,11-14,19-24,27-28,37-40H,9-10,15-16,25-26H2,1-2H3,(H,47,50)(H,48,49)(H,51,57)(H,52,58)/t37-,38+,39+,40+/m1/s1. The highest BCUT2D eigenvalue weighted by molar-refractivity contribution is 5.88. The minimum Gasteiger partial charge on any atom is -0.453 e. The molecule has 0 spiro atoms. The summed E-state index contributed by atoms with van der Waals surface area (Å²) in [6, 6.07) is 29.6. The summed E-state index contributed by atoms with van der Waals surface area (Å²) in [5.41, 5.74) is 6.29. The number of H-pyrrole nitrogens is 2. The zero-order valence-electron chi connectivity index (χ0n) is 33.2. The van der Waals surface area contributed by atoms with Crippen LogP contribution < -0.4 is 10.6 Å². The van der Waals surface area contributed by atoms with Crippen molar-refractivity contribution in [2.45, 2.75) is 49.9 Å². The molecular formula is C46H44N8O6. The molecule has 2 aliphatic heterocycles. The van der Waals surface area contributed by atoms with Gasteiger partial charge in [-0.3, -0.25) is 9.59 Å².